The second-order valence-electron chi connectivity index (χ2n) is 4.45. The van der Waals surface area contributed by atoms with E-state index in [1.165, 1.54) is 11.3 Å². The van der Waals surface area contributed by atoms with E-state index in [0.29, 0.717) is 6.04 Å². The van der Waals surface area contributed by atoms with E-state index in [2.05, 4.69) is 24.0 Å². The number of piperidine rings is 1. The lowest BCUT2D eigenvalue weighted by Gasteiger charge is -2.33. The quantitative estimate of drug-likeness (QED) is 0.859. The van der Waals surface area contributed by atoms with E-state index < -0.39 is 0 Å². The molecule has 1 heterocycles. The van der Waals surface area contributed by atoms with Crippen molar-refractivity contribution in [1.29, 1.82) is 0 Å². The van der Waals surface area contributed by atoms with Gasteiger partial charge in [0.1, 0.15) is 0 Å². The first-order valence-electron chi connectivity index (χ1n) is 5.99. The first-order chi connectivity index (χ1) is 7.70. The molecule has 1 aliphatic rings. The van der Waals surface area contributed by atoms with Crippen molar-refractivity contribution in [1.82, 2.24) is 0 Å². The molecule has 2 N–H and O–H groups in total. The Balaban J connectivity index is 2.21. The highest BCUT2D eigenvalue weighted by atomic mass is 35.5. The summed E-state index contributed by atoms with van der Waals surface area (Å²) >= 11 is 6.07. The van der Waals surface area contributed by atoms with E-state index in [1.54, 1.807) is 0 Å². The van der Waals surface area contributed by atoms with Gasteiger partial charge in [0.05, 0.1) is 0 Å². The number of halogens is 1. The Morgan fingerprint density at radius 1 is 1.38 bits per heavy atom. The van der Waals surface area contributed by atoms with Gasteiger partial charge in [-0.15, -0.1) is 0 Å². The molecule has 1 aromatic carbocycles. The minimum Gasteiger partial charge on any atom is -0.371 e. The Morgan fingerprint density at radius 2 is 2.06 bits per heavy atom. The lowest BCUT2D eigenvalue weighted by atomic mass is 10.0. The third kappa shape index (κ3) is 2.50. The van der Waals surface area contributed by atoms with Gasteiger partial charge in [0.25, 0.3) is 0 Å². The molecule has 2 nitrogen and oxygen atoms in total. The second-order valence-corrected chi connectivity index (χ2v) is 4.89. The lowest BCUT2D eigenvalue weighted by Crippen LogP contribution is -2.40. The third-order valence-corrected chi connectivity index (χ3v) is 3.54. The molecule has 0 radical (unpaired) electrons. The topological polar surface area (TPSA) is 29.3 Å². The molecule has 2 rings (SSSR count). The van der Waals surface area contributed by atoms with Crippen LogP contribution >= 0.6 is 11.6 Å². The molecule has 0 saturated carbocycles. The van der Waals surface area contributed by atoms with Crippen LogP contribution < -0.4 is 10.6 Å². The smallest absolute Gasteiger partial charge is 0.0426 e. The summed E-state index contributed by atoms with van der Waals surface area (Å²) in [6.45, 7) is 4.28. The fourth-order valence-corrected chi connectivity index (χ4v) is 2.44. The number of rotatable bonds is 2. The van der Waals surface area contributed by atoms with Crippen molar-refractivity contribution < 1.29 is 0 Å². The molecular weight excluding hydrogens is 220 g/mol. The average molecular weight is 239 g/mol. The monoisotopic (exact) mass is 238 g/mol. The van der Waals surface area contributed by atoms with Crippen molar-refractivity contribution in [3.8, 4) is 0 Å². The normalized spacial score (nSPS) is 17.8. The standard InChI is InChI=1S/C13H19ClN2/c1-2-10-3-4-11(14)9-13(10)16-7-5-12(15)6-8-16/h3-4,9,12H,2,5-8,15H2,1H3. The van der Waals surface area contributed by atoms with Crippen LogP contribution in [0.2, 0.25) is 5.02 Å². The second kappa shape index (κ2) is 5.07. The van der Waals surface area contributed by atoms with Crippen molar-refractivity contribution in [2.75, 3.05) is 18.0 Å². The van der Waals surface area contributed by atoms with Crippen LogP contribution in [0.15, 0.2) is 18.2 Å². The van der Waals surface area contributed by atoms with Gasteiger partial charge in [0.15, 0.2) is 0 Å². The molecule has 0 atom stereocenters. The summed E-state index contributed by atoms with van der Waals surface area (Å²) in [6.07, 6.45) is 3.21. The highest BCUT2D eigenvalue weighted by Crippen LogP contribution is 2.27. The Hall–Kier alpha value is -0.730. The zero-order valence-corrected chi connectivity index (χ0v) is 10.5. The van der Waals surface area contributed by atoms with Gasteiger partial charge in [-0.05, 0) is 37.0 Å². The van der Waals surface area contributed by atoms with Gasteiger partial charge in [-0.3, -0.25) is 0 Å². The van der Waals surface area contributed by atoms with Gasteiger partial charge in [-0.25, -0.2) is 0 Å². The van der Waals surface area contributed by atoms with Gasteiger partial charge in [-0.1, -0.05) is 24.6 Å². The maximum Gasteiger partial charge on any atom is 0.0426 e. The predicted octanol–water partition coefficient (Wildman–Crippen LogP) is 2.83. The molecule has 88 valence electrons. The molecular formula is C13H19ClN2. The number of anilines is 1. The van der Waals surface area contributed by atoms with E-state index in [9.17, 15) is 0 Å². The zero-order chi connectivity index (χ0) is 11.5. The van der Waals surface area contributed by atoms with Crippen LogP contribution in [-0.4, -0.2) is 19.1 Å². The average Bonchev–Trinajstić information content (AvgIpc) is 2.30. The summed E-state index contributed by atoms with van der Waals surface area (Å²) in [5.41, 5.74) is 8.59. The van der Waals surface area contributed by atoms with Gasteiger partial charge in [0.2, 0.25) is 0 Å². The predicted molar refractivity (Wildman–Crippen MR) is 70.3 cm³/mol. The van der Waals surface area contributed by atoms with Crippen molar-refractivity contribution in [2.24, 2.45) is 5.73 Å². The number of benzene rings is 1. The van der Waals surface area contributed by atoms with E-state index in [1.807, 2.05) is 6.07 Å². The van der Waals surface area contributed by atoms with E-state index in [-0.39, 0.29) is 0 Å². The molecule has 1 fully saturated rings. The number of aryl methyl sites for hydroxylation is 1. The van der Waals surface area contributed by atoms with Crippen LogP contribution in [0.25, 0.3) is 0 Å². The Labute approximate surface area is 102 Å². The van der Waals surface area contributed by atoms with Crippen molar-refractivity contribution >= 4 is 17.3 Å². The Bertz CT molecular complexity index is 357. The summed E-state index contributed by atoms with van der Waals surface area (Å²) in [4.78, 5) is 2.41. The largest absolute Gasteiger partial charge is 0.371 e. The summed E-state index contributed by atoms with van der Waals surface area (Å²) in [5, 5.41) is 0.821. The van der Waals surface area contributed by atoms with E-state index in [0.717, 1.165) is 37.4 Å². The summed E-state index contributed by atoms with van der Waals surface area (Å²) < 4.78 is 0. The van der Waals surface area contributed by atoms with Crippen molar-refractivity contribution in [3.63, 3.8) is 0 Å². The fraction of sp³-hybridized carbons (Fsp3) is 0.538. The third-order valence-electron chi connectivity index (χ3n) is 3.31. The maximum absolute atomic E-state index is 6.07. The Morgan fingerprint density at radius 3 is 2.69 bits per heavy atom. The van der Waals surface area contributed by atoms with Crippen molar-refractivity contribution in [2.45, 2.75) is 32.2 Å². The minimum absolute atomic E-state index is 0.375. The molecule has 0 spiro atoms. The molecule has 0 unspecified atom stereocenters. The van der Waals surface area contributed by atoms with Crippen molar-refractivity contribution in [3.05, 3.63) is 28.8 Å². The fourth-order valence-electron chi connectivity index (χ4n) is 2.27. The molecule has 0 bridgehead atoms. The summed E-state index contributed by atoms with van der Waals surface area (Å²) in [5.74, 6) is 0. The molecule has 3 heteroatoms. The molecule has 0 aromatic heterocycles. The van der Waals surface area contributed by atoms with Gasteiger partial charge < -0.3 is 10.6 Å². The van der Waals surface area contributed by atoms with Crippen LogP contribution in [0.5, 0.6) is 0 Å². The number of nitrogens with two attached hydrogens (primary N) is 1. The number of hydrogen-bond acceptors (Lipinski definition) is 2. The van der Waals surface area contributed by atoms with Gasteiger partial charge in [-0.2, -0.15) is 0 Å². The maximum atomic E-state index is 6.07. The lowest BCUT2D eigenvalue weighted by molar-refractivity contribution is 0.500. The summed E-state index contributed by atoms with van der Waals surface area (Å²) in [6, 6.07) is 6.56. The SMILES string of the molecule is CCc1ccc(Cl)cc1N1CCC(N)CC1. The molecule has 1 saturated heterocycles. The zero-order valence-electron chi connectivity index (χ0n) is 9.75. The Kier molecular flexibility index (Phi) is 3.72. The highest BCUT2D eigenvalue weighted by Gasteiger charge is 2.18. The molecule has 0 amide bonds. The molecule has 0 aliphatic carbocycles. The minimum atomic E-state index is 0.375. The van der Waals surface area contributed by atoms with Crippen LogP contribution in [0.3, 0.4) is 0 Å². The van der Waals surface area contributed by atoms with Crippen LogP contribution in [0.4, 0.5) is 5.69 Å². The highest BCUT2D eigenvalue weighted by molar-refractivity contribution is 6.30. The number of hydrogen-bond donors (Lipinski definition) is 1. The molecule has 1 aromatic rings. The van der Waals surface area contributed by atoms with Crippen LogP contribution in [0, 0.1) is 0 Å². The van der Waals surface area contributed by atoms with Gasteiger partial charge in [0, 0.05) is 29.8 Å². The van der Waals surface area contributed by atoms with Gasteiger partial charge >= 0.3 is 0 Å². The molecule has 16 heavy (non-hydrogen) atoms. The first kappa shape index (κ1) is 11.7. The van der Waals surface area contributed by atoms with E-state index >= 15 is 0 Å². The summed E-state index contributed by atoms with van der Waals surface area (Å²) in [7, 11) is 0. The molecule has 1 aliphatic heterocycles. The first-order valence-corrected chi connectivity index (χ1v) is 6.37. The van der Waals surface area contributed by atoms with Crippen LogP contribution in [0.1, 0.15) is 25.3 Å². The van der Waals surface area contributed by atoms with Crippen LogP contribution in [-0.2, 0) is 6.42 Å². The number of nitrogens with zero attached hydrogens (tertiary/aromatic N) is 1. The van der Waals surface area contributed by atoms with E-state index in [4.69, 9.17) is 17.3 Å².